The van der Waals surface area contributed by atoms with Crippen LogP contribution < -0.4 is 14.8 Å². The van der Waals surface area contributed by atoms with Crippen LogP contribution in [0.1, 0.15) is 21.7 Å². The lowest BCUT2D eigenvalue weighted by molar-refractivity contribution is 0.0945. The summed E-state index contributed by atoms with van der Waals surface area (Å²) >= 11 is 0. The van der Waals surface area contributed by atoms with E-state index in [1.54, 1.807) is 32.5 Å². The number of pyridine rings is 1. The lowest BCUT2D eigenvalue weighted by Gasteiger charge is -2.11. The fourth-order valence-corrected chi connectivity index (χ4v) is 3.46. The van der Waals surface area contributed by atoms with Crippen LogP contribution in [0.15, 0.2) is 60.8 Å². The van der Waals surface area contributed by atoms with Gasteiger partial charge in [0, 0.05) is 41.0 Å². The Hall–Kier alpha value is -3.80. The van der Waals surface area contributed by atoms with E-state index in [0.29, 0.717) is 23.7 Å². The van der Waals surface area contributed by atoms with E-state index < -0.39 is 0 Å². The molecule has 6 nitrogen and oxygen atoms in total. The van der Waals surface area contributed by atoms with Crippen molar-refractivity contribution in [1.29, 1.82) is 0 Å². The summed E-state index contributed by atoms with van der Waals surface area (Å²) in [7, 11) is 3.19. The molecule has 0 radical (unpaired) electrons. The number of aryl methyl sites for hydroxylation is 1. The van der Waals surface area contributed by atoms with Crippen molar-refractivity contribution in [3.8, 4) is 22.6 Å². The smallest absolute Gasteiger partial charge is 0.270 e. The zero-order valence-corrected chi connectivity index (χ0v) is 17.2. The van der Waals surface area contributed by atoms with Gasteiger partial charge in [0.05, 0.1) is 14.2 Å². The van der Waals surface area contributed by atoms with Gasteiger partial charge in [0.1, 0.15) is 17.2 Å². The van der Waals surface area contributed by atoms with Gasteiger partial charge in [0.15, 0.2) is 0 Å². The number of hydrogen-bond donors (Lipinski definition) is 2. The molecular formula is C24H23N3O3. The number of hydrogen-bond acceptors (Lipinski definition) is 4. The Balaban J connectivity index is 1.52. The number of carbonyl (C=O) groups is 1. The predicted molar refractivity (Wildman–Crippen MR) is 117 cm³/mol. The third-order valence-electron chi connectivity index (χ3n) is 5.01. The maximum atomic E-state index is 12.7. The highest BCUT2D eigenvalue weighted by Gasteiger charge is 2.11. The monoisotopic (exact) mass is 401 g/mol. The maximum absolute atomic E-state index is 12.7. The van der Waals surface area contributed by atoms with Gasteiger partial charge in [0.2, 0.25) is 0 Å². The molecule has 0 atom stereocenters. The van der Waals surface area contributed by atoms with Crippen LogP contribution >= 0.6 is 0 Å². The van der Waals surface area contributed by atoms with Crippen LogP contribution in [0.3, 0.4) is 0 Å². The standard InChI is InChI=1S/C24H23N3O3/c1-15-10-19-11-16(5-7-21(19)27-15)17-8-9-25-22(12-17)24(28)26-14-18-4-6-20(29-2)13-23(18)30-3/h4-13,27H,14H2,1-3H3,(H,26,28). The Bertz CT molecular complexity index is 1210. The molecular weight excluding hydrogens is 378 g/mol. The summed E-state index contributed by atoms with van der Waals surface area (Å²) in [5.41, 5.74) is 5.41. The molecule has 4 aromatic rings. The normalized spacial score (nSPS) is 10.8. The molecule has 6 heteroatoms. The number of nitrogens with one attached hydrogen (secondary N) is 2. The molecule has 0 bridgehead atoms. The number of ether oxygens (including phenoxy) is 2. The molecule has 4 rings (SSSR count). The minimum Gasteiger partial charge on any atom is -0.497 e. The van der Waals surface area contributed by atoms with Crippen LogP contribution in [0.5, 0.6) is 11.5 Å². The highest BCUT2D eigenvalue weighted by Crippen LogP contribution is 2.26. The van der Waals surface area contributed by atoms with Crippen molar-refractivity contribution < 1.29 is 14.3 Å². The molecule has 2 aromatic carbocycles. The van der Waals surface area contributed by atoms with Crippen molar-refractivity contribution in [3.05, 3.63) is 77.7 Å². The van der Waals surface area contributed by atoms with E-state index in [1.807, 2.05) is 37.3 Å². The summed E-state index contributed by atoms with van der Waals surface area (Å²) in [4.78, 5) is 20.3. The molecule has 2 aromatic heterocycles. The molecule has 2 N–H and O–H groups in total. The van der Waals surface area contributed by atoms with Crippen LogP contribution in [0.4, 0.5) is 0 Å². The first kappa shape index (κ1) is 19.5. The Morgan fingerprint density at radius 3 is 2.63 bits per heavy atom. The van der Waals surface area contributed by atoms with Crippen molar-refractivity contribution >= 4 is 16.8 Å². The third kappa shape index (κ3) is 3.98. The highest BCUT2D eigenvalue weighted by atomic mass is 16.5. The first-order chi connectivity index (χ1) is 14.6. The average Bonchev–Trinajstić information content (AvgIpc) is 3.16. The minimum absolute atomic E-state index is 0.242. The summed E-state index contributed by atoms with van der Waals surface area (Å²) in [5, 5.41) is 4.05. The van der Waals surface area contributed by atoms with Crippen molar-refractivity contribution in [1.82, 2.24) is 15.3 Å². The van der Waals surface area contributed by atoms with Crippen molar-refractivity contribution in [2.24, 2.45) is 0 Å². The molecule has 0 aliphatic rings. The van der Waals surface area contributed by atoms with Gasteiger partial charge in [-0.15, -0.1) is 0 Å². The molecule has 30 heavy (non-hydrogen) atoms. The number of aromatic nitrogens is 2. The second kappa shape index (κ2) is 8.29. The topological polar surface area (TPSA) is 76.2 Å². The summed E-state index contributed by atoms with van der Waals surface area (Å²) in [6.45, 7) is 2.36. The van der Waals surface area contributed by atoms with Crippen molar-refractivity contribution in [2.75, 3.05) is 14.2 Å². The Morgan fingerprint density at radius 1 is 1.00 bits per heavy atom. The Morgan fingerprint density at radius 2 is 1.83 bits per heavy atom. The van der Waals surface area contributed by atoms with Crippen LogP contribution in [0.25, 0.3) is 22.0 Å². The maximum Gasteiger partial charge on any atom is 0.270 e. The second-order valence-electron chi connectivity index (χ2n) is 7.04. The summed E-state index contributed by atoms with van der Waals surface area (Å²) in [6, 6.07) is 17.5. The molecule has 0 aliphatic heterocycles. The van der Waals surface area contributed by atoms with E-state index in [-0.39, 0.29) is 5.91 Å². The number of aromatic amines is 1. The molecule has 0 aliphatic carbocycles. The van der Waals surface area contributed by atoms with Gasteiger partial charge in [-0.25, -0.2) is 0 Å². The number of fused-ring (bicyclic) bond motifs is 1. The quantitative estimate of drug-likeness (QED) is 0.499. The first-order valence-corrected chi connectivity index (χ1v) is 9.62. The zero-order valence-electron chi connectivity index (χ0n) is 17.2. The molecule has 0 saturated heterocycles. The largest absolute Gasteiger partial charge is 0.497 e. The molecule has 2 heterocycles. The predicted octanol–water partition coefficient (Wildman–Crippen LogP) is 4.49. The number of methoxy groups -OCH3 is 2. The lowest BCUT2D eigenvalue weighted by Crippen LogP contribution is -2.24. The highest BCUT2D eigenvalue weighted by molar-refractivity contribution is 5.94. The Labute approximate surface area is 174 Å². The fraction of sp³-hybridized carbons (Fsp3) is 0.167. The van der Waals surface area contributed by atoms with E-state index in [9.17, 15) is 4.79 Å². The summed E-state index contributed by atoms with van der Waals surface area (Å²) < 4.78 is 10.6. The Kier molecular flexibility index (Phi) is 5.39. The van der Waals surface area contributed by atoms with E-state index in [4.69, 9.17) is 9.47 Å². The lowest BCUT2D eigenvalue weighted by atomic mass is 10.0. The van der Waals surface area contributed by atoms with Gasteiger partial charge in [-0.3, -0.25) is 9.78 Å². The number of rotatable bonds is 6. The molecule has 1 amide bonds. The van der Waals surface area contributed by atoms with Gasteiger partial charge in [-0.1, -0.05) is 6.07 Å². The number of amides is 1. The van der Waals surface area contributed by atoms with Gasteiger partial charge in [-0.05, 0) is 60.5 Å². The van der Waals surface area contributed by atoms with Crippen molar-refractivity contribution in [2.45, 2.75) is 13.5 Å². The number of nitrogens with zero attached hydrogens (tertiary/aromatic N) is 1. The number of H-pyrrole nitrogens is 1. The zero-order chi connectivity index (χ0) is 21.1. The molecule has 0 fully saturated rings. The SMILES string of the molecule is COc1ccc(CNC(=O)c2cc(-c3ccc4[nH]c(C)cc4c3)ccn2)c(OC)c1. The van der Waals surface area contributed by atoms with Crippen LogP contribution in [-0.2, 0) is 6.54 Å². The van der Waals surface area contributed by atoms with Crippen LogP contribution in [0, 0.1) is 6.92 Å². The number of benzene rings is 2. The minimum atomic E-state index is -0.242. The van der Waals surface area contributed by atoms with Crippen LogP contribution in [-0.4, -0.2) is 30.1 Å². The molecule has 152 valence electrons. The van der Waals surface area contributed by atoms with Gasteiger partial charge in [-0.2, -0.15) is 0 Å². The van der Waals surface area contributed by atoms with Crippen LogP contribution in [0.2, 0.25) is 0 Å². The van der Waals surface area contributed by atoms with Gasteiger partial charge < -0.3 is 19.8 Å². The summed E-state index contributed by atoms with van der Waals surface area (Å²) in [5.74, 6) is 1.12. The van der Waals surface area contributed by atoms with Gasteiger partial charge >= 0.3 is 0 Å². The summed E-state index contributed by atoms with van der Waals surface area (Å²) in [6.07, 6.45) is 1.66. The molecule has 0 saturated carbocycles. The third-order valence-corrected chi connectivity index (χ3v) is 5.01. The van der Waals surface area contributed by atoms with E-state index in [0.717, 1.165) is 33.3 Å². The van der Waals surface area contributed by atoms with Crippen molar-refractivity contribution in [3.63, 3.8) is 0 Å². The molecule has 0 spiro atoms. The van der Waals surface area contributed by atoms with E-state index in [1.165, 1.54) is 0 Å². The average molecular weight is 401 g/mol. The first-order valence-electron chi connectivity index (χ1n) is 9.62. The van der Waals surface area contributed by atoms with E-state index >= 15 is 0 Å². The number of carbonyl (C=O) groups excluding carboxylic acids is 1. The molecule has 0 unspecified atom stereocenters. The van der Waals surface area contributed by atoms with E-state index in [2.05, 4.69) is 27.4 Å². The fourth-order valence-electron chi connectivity index (χ4n) is 3.46. The van der Waals surface area contributed by atoms with Gasteiger partial charge in [0.25, 0.3) is 5.91 Å². The second-order valence-corrected chi connectivity index (χ2v) is 7.04.